The van der Waals surface area contributed by atoms with E-state index in [1.54, 1.807) is 11.3 Å². The molecule has 2 saturated heterocycles. The molecule has 1 aromatic rings. The zero-order valence-corrected chi connectivity index (χ0v) is 15.8. The summed E-state index contributed by atoms with van der Waals surface area (Å²) in [4.78, 5) is 30.1. The Morgan fingerprint density at radius 2 is 1.73 bits per heavy atom. The molecule has 4 rings (SSSR count). The maximum atomic E-state index is 12.5. The molecule has 3 aliphatic heterocycles. The van der Waals surface area contributed by atoms with Gasteiger partial charge in [0, 0.05) is 49.8 Å². The maximum absolute atomic E-state index is 12.5. The molecule has 0 saturated carbocycles. The van der Waals surface area contributed by atoms with Crippen molar-refractivity contribution < 1.29 is 19.1 Å². The molecule has 6 nitrogen and oxygen atoms in total. The molecule has 0 aromatic carbocycles. The van der Waals surface area contributed by atoms with E-state index in [9.17, 15) is 9.59 Å². The summed E-state index contributed by atoms with van der Waals surface area (Å²) >= 11 is 1.77. The number of rotatable bonds is 4. The van der Waals surface area contributed by atoms with E-state index in [2.05, 4.69) is 11.4 Å². The Morgan fingerprint density at radius 3 is 2.46 bits per heavy atom. The van der Waals surface area contributed by atoms with Crippen molar-refractivity contribution in [3.8, 4) is 0 Å². The molecule has 0 atom stereocenters. The van der Waals surface area contributed by atoms with Gasteiger partial charge in [0.25, 0.3) is 0 Å². The van der Waals surface area contributed by atoms with Crippen molar-refractivity contribution in [3.05, 3.63) is 21.9 Å². The first kappa shape index (κ1) is 17.9. The van der Waals surface area contributed by atoms with Crippen LogP contribution in [0.15, 0.2) is 11.4 Å². The molecule has 1 aromatic heterocycles. The summed E-state index contributed by atoms with van der Waals surface area (Å²) in [6.07, 6.45) is 3.30. The molecule has 0 spiro atoms. The van der Waals surface area contributed by atoms with Crippen LogP contribution in [0.1, 0.15) is 36.1 Å². The Morgan fingerprint density at radius 1 is 1.04 bits per heavy atom. The normalized spacial score (nSPS) is 21.8. The van der Waals surface area contributed by atoms with Gasteiger partial charge in [0.2, 0.25) is 11.8 Å². The van der Waals surface area contributed by atoms with Crippen molar-refractivity contribution in [2.24, 2.45) is 5.92 Å². The van der Waals surface area contributed by atoms with Gasteiger partial charge in [-0.1, -0.05) is 0 Å². The van der Waals surface area contributed by atoms with Crippen LogP contribution in [0.2, 0.25) is 0 Å². The van der Waals surface area contributed by atoms with E-state index in [0.29, 0.717) is 38.5 Å². The number of hydrogen-bond acceptors (Lipinski definition) is 5. The number of fused-ring (bicyclic) bond motifs is 1. The number of ether oxygens (including phenoxy) is 2. The zero-order valence-electron chi connectivity index (χ0n) is 15.0. The van der Waals surface area contributed by atoms with Crippen LogP contribution in [-0.4, -0.2) is 60.8 Å². The SMILES string of the molecule is O=C(CCC(=O)N1CCc2sccc2C1)N1CCC(C2OCCO2)CC1. The van der Waals surface area contributed by atoms with Crippen LogP contribution in [0.5, 0.6) is 0 Å². The second kappa shape index (κ2) is 8.06. The highest BCUT2D eigenvalue weighted by molar-refractivity contribution is 7.10. The molecule has 3 aliphatic rings. The summed E-state index contributed by atoms with van der Waals surface area (Å²) < 4.78 is 11.2. The number of likely N-dealkylation sites (tertiary alicyclic amines) is 1. The van der Waals surface area contributed by atoms with Crippen LogP contribution in [0.3, 0.4) is 0 Å². The Bertz CT molecular complexity index is 648. The first-order valence-corrected chi connectivity index (χ1v) is 10.4. The fraction of sp³-hybridized carbons (Fsp3) is 0.684. The van der Waals surface area contributed by atoms with Crippen molar-refractivity contribution in [1.82, 2.24) is 9.80 Å². The monoisotopic (exact) mass is 378 g/mol. The van der Waals surface area contributed by atoms with E-state index in [1.807, 2.05) is 9.80 Å². The van der Waals surface area contributed by atoms with E-state index in [4.69, 9.17) is 9.47 Å². The minimum atomic E-state index is -0.0880. The molecule has 4 heterocycles. The fourth-order valence-electron chi connectivity index (χ4n) is 4.06. The van der Waals surface area contributed by atoms with Crippen LogP contribution in [0, 0.1) is 5.92 Å². The topological polar surface area (TPSA) is 59.1 Å². The lowest BCUT2D eigenvalue weighted by Gasteiger charge is -2.34. The first-order valence-electron chi connectivity index (χ1n) is 9.55. The van der Waals surface area contributed by atoms with Crippen LogP contribution in [-0.2, 0) is 32.0 Å². The number of carbonyl (C=O) groups excluding carboxylic acids is 2. The molecular formula is C19H26N2O4S. The van der Waals surface area contributed by atoms with E-state index < -0.39 is 0 Å². The molecule has 2 fully saturated rings. The highest BCUT2D eigenvalue weighted by atomic mass is 32.1. The molecule has 0 N–H and O–H groups in total. The third-order valence-corrected chi connectivity index (χ3v) is 6.66. The van der Waals surface area contributed by atoms with Crippen molar-refractivity contribution in [3.63, 3.8) is 0 Å². The zero-order chi connectivity index (χ0) is 17.9. The van der Waals surface area contributed by atoms with Gasteiger partial charge in [-0.2, -0.15) is 0 Å². The third kappa shape index (κ3) is 3.94. The van der Waals surface area contributed by atoms with Gasteiger partial charge in [0.05, 0.1) is 13.2 Å². The average Bonchev–Trinajstić information content (AvgIpc) is 3.37. The highest BCUT2D eigenvalue weighted by Gasteiger charge is 2.32. The first-order chi connectivity index (χ1) is 12.7. The smallest absolute Gasteiger partial charge is 0.223 e. The second-order valence-corrected chi connectivity index (χ2v) is 8.26. The standard InChI is InChI=1S/C19H26N2O4S/c22-17(20-7-3-14(4-8-20)19-24-10-11-25-19)1-2-18(23)21-9-5-16-15(13-21)6-12-26-16/h6,12,14,19H,1-5,7-11,13H2. The number of piperidine rings is 1. The van der Waals surface area contributed by atoms with Crippen LogP contribution in [0.25, 0.3) is 0 Å². The van der Waals surface area contributed by atoms with Gasteiger partial charge in [-0.3, -0.25) is 9.59 Å². The largest absolute Gasteiger partial charge is 0.350 e. The summed E-state index contributed by atoms with van der Waals surface area (Å²) in [5, 5.41) is 2.09. The molecule has 0 aliphatic carbocycles. The average molecular weight is 378 g/mol. The van der Waals surface area contributed by atoms with Gasteiger partial charge in [0.1, 0.15) is 0 Å². The number of hydrogen-bond donors (Lipinski definition) is 0. The number of amides is 2. The molecule has 2 amide bonds. The summed E-state index contributed by atoms with van der Waals surface area (Å²) in [7, 11) is 0. The molecular weight excluding hydrogens is 352 g/mol. The van der Waals surface area contributed by atoms with Gasteiger partial charge < -0.3 is 19.3 Å². The van der Waals surface area contributed by atoms with Crippen LogP contribution >= 0.6 is 11.3 Å². The Balaban J connectivity index is 1.20. The van der Waals surface area contributed by atoms with Crippen LogP contribution in [0.4, 0.5) is 0 Å². The Kier molecular flexibility index (Phi) is 5.57. The second-order valence-electron chi connectivity index (χ2n) is 7.26. The molecule has 7 heteroatoms. The number of thiophene rings is 1. The lowest BCUT2D eigenvalue weighted by molar-refractivity contribution is -0.140. The van der Waals surface area contributed by atoms with Gasteiger partial charge in [-0.05, 0) is 36.3 Å². The van der Waals surface area contributed by atoms with Gasteiger partial charge in [-0.15, -0.1) is 11.3 Å². The molecule has 26 heavy (non-hydrogen) atoms. The van der Waals surface area contributed by atoms with Crippen LogP contribution < -0.4 is 0 Å². The quantitative estimate of drug-likeness (QED) is 0.804. The van der Waals surface area contributed by atoms with Crippen molar-refractivity contribution >= 4 is 23.2 Å². The van der Waals surface area contributed by atoms with Gasteiger partial charge in [-0.25, -0.2) is 0 Å². The molecule has 142 valence electrons. The van der Waals surface area contributed by atoms with Crippen molar-refractivity contribution in [2.75, 3.05) is 32.8 Å². The predicted octanol–water partition coefficient (Wildman–Crippen LogP) is 2.02. The maximum Gasteiger partial charge on any atom is 0.223 e. The molecule has 0 radical (unpaired) electrons. The fourth-order valence-corrected chi connectivity index (χ4v) is 4.95. The number of nitrogens with zero attached hydrogens (tertiary/aromatic N) is 2. The Hall–Kier alpha value is -1.44. The minimum Gasteiger partial charge on any atom is -0.350 e. The summed E-state index contributed by atoms with van der Waals surface area (Å²) in [5.41, 5.74) is 1.26. The predicted molar refractivity (Wildman–Crippen MR) is 97.7 cm³/mol. The minimum absolute atomic E-state index is 0.0880. The van der Waals surface area contributed by atoms with Gasteiger partial charge >= 0.3 is 0 Å². The summed E-state index contributed by atoms with van der Waals surface area (Å²) in [6, 6.07) is 2.10. The summed E-state index contributed by atoms with van der Waals surface area (Å²) in [5.74, 6) is 0.576. The van der Waals surface area contributed by atoms with Crippen molar-refractivity contribution in [1.29, 1.82) is 0 Å². The summed E-state index contributed by atoms with van der Waals surface area (Å²) in [6.45, 7) is 4.29. The van der Waals surface area contributed by atoms with E-state index >= 15 is 0 Å². The van der Waals surface area contributed by atoms with Crippen molar-refractivity contribution in [2.45, 2.75) is 44.9 Å². The third-order valence-electron chi connectivity index (χ3n) is 5.64. The van der Waals surface area contributed by atoms with E-state index in [-0.39, 0.29) is 18.1 Å². The lowest BCUT2D eigenvalue weighted by atomic mass is 9.96. The number of carbonyl (C=O) groups is 2. The molecule has 0 unspecified atom stereocenters. The Labute approximate surface area is 158 Å². The van der Waals surface area contributed by atoms with Gasteiger partial charge in [0.15, 0.2) is 6.29 Å². The van der Waals surface area contributed by atoms with E-state index in [1.165, 1.54) is 10.4 Å². The van der Waals surface area contributed by atoms with E-state index in [0.717, 1.165) is 38.9 Å². The highest BCUT2D eigenvalue weighted by Crippen LogP contribution is 2.27. The molecule has 0 bridgehead atoms. The lowest BCUT2D eigenvalue weighted by Crippen LogP contribution is -2.42.